The van der Waals surface area contributed by atoms with Crippen LogP contribution in [0.15, 0.2) is 29.3 Å². The van der Waals surface area contributed by atoms with Crippen molar-refractivity contribution in [3.05, 3.63) is 29.8 Å². The normalized spacial score (nSPS) is 19.9. The Balaban J connectivity index is 1.56. The van der Waals surface area contributed by atoms with Crippen molar-refractivity contribution in [1.82, 2.24) is 15.1 Å². The number of urea groups is 1. The van der Waals surface area contributed by atoms with Crippen LogP contribution in [0, 0.1) is 0 Å². The molecule has 27 heavy (non-hydrogen) atoms. The molecule has 2 aliphatic rings. The number of guanidine groups is 1. The van der Waals surface area contributed by atoms with Crippen molar-refractivity contribution in [3.63, 3.8) is 0 Å². The van der Waals surface area contributed by atoms with Crippen molar-refractivity contribution in [2.75, 3.05) is 44.3 Å². The fourth-order valence-electron chi connectivity index (χ4n) is 3.59. The molecule has 6 nitrogen and oxygen atoms in total. The van der Waals surface area contributed by atoms with Crippen LogP contribution in [-0.2, 0) is 6.54 Å². The van der Waals surface area contributed by atoms with Gasteiger partial charge in [-0.1, -0.05) is 12.1 Å². The van der Waals surface area contributed by atoms with E-state index in [1.807, 2.05) is 41.9 Å². The molecule has 7 heteroatoms. The summed E-state index contributed by atoms with van der Waals surface area (Å²) in [4.78, 5) is 20.9. The predicted molar refractivity (Wildman–Crippen MR) is 115 cm³/mol. The lowest BCUT2D eigenvalue weighted by Crippen LogP contribution is -2.50. The molecular weight excluding hydrogens is 358 g/mol. The fourth-order valence-corrected chi connectivity index (χ4v) is 4.70. The summed E-state index contributed by atoms with van der Waals surface area (Å²) in [6, 6.07) is 8.03. The Morgan fingerprint density at radius 1 is 1.22 bits per heavy atom. The average Bonchev–Trinajstić information content (AvgIpc) is 3.17. The molecule has 0 aromatic heterocycles. The van der Waals surface area contributed by atoms with Gasteiger partial charge in [0, 0.05) is 56.0 Å². The number of nitrogens with zero attached hydrogens (tertiary/aromatic N) is 3. The van der Waals surface area contributed by atoms with Gasteiger partial charge in [0.05, 0.1) is 0 Å². The molecule has 0 aliphatic carbocycles. The quantitative estimate of drug-likeness (QED) is 0.616. The van der Waals surface area contributed by atoms with Gasteiger partial charge in [-0.05, 0) is 44.4 Å². The van der Waals surface area contributed by atoms with Crippen LogP contribution in [0.2, 0.25) is 0 Å². The molecule has 2 amide bonds. The first-order valence-electron chi connectivity index (χ1n) is 9.71. The predicted octanol–water partition coefficient (Wildman–Crippen LogP) is 3.22. The van der Waals surface area contributed by atoms with Crippen LogP contribution in [0.25, 0.3) is 0 Å². The molecule has 148 valence electrons. The first kappa shape index (κ1) is 19.9. The van der Waals surface area contributed by atoms with Crippen molar-refractivity contribution in [1.29, 1.82) is 0 Å². The van der Waals surface area contributed by atoms with E-state index in [1.54, 1.807) is 0 Å². The summed E-state index contributed by atoms with van der Waals surface area (Å²) in [5, 5.41) is 6.49. The van der Waals surface area contributed by atoms with Crippen molar-refractivity contribution < 1.29 is 4.79 Å². The second kappa shape index (κ2) is 8.87. The van der Waals surface area contributed by atoms with Crippen LogP contribution >= 0.6 is 11.8 Å². The lowest BCUT2D eigenvalue weighted by Gasteiger charge is -2.39. The van der Waals surface area contributed by atoms with E-state index < -0.39 is 0 Å². The molecule has 2 heterocycles. The maximum atomic E-state index is 12.3. The Kier molecular flexibility index (Phi) is 6.52. The topological polar surface area (TPSA) is 60.0 Å². The van der Waals surface area contributed by atoms with E-state index in [9.17, 15) is 4.79 Å². The molecule has 0 bridgehead atoms. The minimum Gasteiger partial charge on any atom is -0.352 e. The summed E-state index contributed by atoms with van der Waals surface area (Å²) >= 11 is 2.02. The van der Waals surface area contributed by atoms with E-state index in [2.05, 4.69) is 40.4 Å². The monoisotopic (exact) mass is 389 g/mol. The second-order valence-corrected chi connectivity index (χ2v) is 9.56. The number of anilines is 1. The molecule has 2 aliphatic heterocycles. The van der Waals surface area contributed by atoms with Gasteiger partial charge in [0.25, 0.3) is 0 Å². The van der Waals surface area contributed by atoms with Gasteiger partial charge in [-0.3, -0.25) is 4.99 Å². The molecule has 2 saturated heterocycles. The van der Waals surface area contributed by atoms with E-state index in [1.165, 1.54) is 0 Å². The van der Waals surface area contributed by atoms with Crippen LogP contribution in [-0.4, -0.2) is 65.5 Å². The molecule has 0 atom stereocenters. The number of thioether (sulfide) groups is 1. The minimum atomic E-state index is 0.00136. The van der Waals surface area contributed by atoms with Gasteiger partial charge in [0.15, 0.2) is 5.96 Å². The van der Waals surface area contributed by atoms with Gasteiger partial charge < -0.3 is 20.4 Å². The molecule has 2 fully saturated rings. The van der Waals surface area contributed by atoms with Gasteiger partial charge >= 0.3 is 6.03 Å². The zero-order chi connectivity index (χ0) is 19.3. The Labute approximate surface area is 166 Å². The minimum absolute atomic E-state index is 0.00136. The van der Waals surface area contributed by atoms with Gasteiger partial charge in [-0.2, -0.15) is 11.8 Å². The molecule has 1 aromatic carbocycles. The van der Waals surface area contributed by atoms with Crippen molar-refractivity contribution >= 4 is 29.4 Å². The summed E-state index contributed by atoms with van der Waals surface area (Å²) in [7, 11) is 1.84. The van der Waals surface area contributed by atoms with Crippen LogP contribution in [0.1, 0.15) is 32.3 Å². The maximum Gasteiger partial charge on any atom is 0.321 e. The number of hydrogen-bond donors (Lipinski definition) is 2. The number of hydrogen-bond acceptors (Lipinski definition) is 3. The third kappa shape index (κ3) is 5.54. The Morgan fingerprint density at radius 2 is 2.00 bits per heavy atom. The van der Waals surface area contributed by atoms with Gasteiger partial charge in [-0.15, -0.1) is 0 Å². The summed E-state index contributed by atoms with van der Waals surface area (Å²) in [5.41, 5.74) is 1.97. The lowest BCUT2D eigenvalue weighted by atomic mass is 10.2. The molecular formula is C20H31N5OS. The van der Waals surface area contributed by atoms with Crippen LogP contribution in [0.5, 0.6) is 0 Å². The molecule has 0 radical (unpaired) electrons. The molecule has 0 saturated carbocycles. The highest BCUT2D eigenvalue weighted by Gasteiger charge is 2.28. The number of aliphatic imine (C=N–C) groups is 1. The molecule has 3 rings (SSSR count). The third-order valence-corrected chi connectivity index (χ3v) is 6.26. The van der Waals surface area contributed by atoms with Crippen LogP contribution < -0.4 is 10.6 Å². The molecule has 0 spiro atoms. The van der Waals surface area contributed by atoms with E-state index in [0.717, 1.165) is 62.0 Å². The zero-order valence-electron chi connectivity index (χ0n) is 16.6. The summed E-state index contributed by atoms with van der Waals surface area (Å²) in [5.74, 6) is 2.06. The number of benzene rings is 1. The molecule has 0 unspecified atom stereocenters. The molecule has 1 aromatic rings. The smallest absolute Gasteiger partial charge is 0.321 e. The van der Waals surface area contributed by atoms with Gasteiger partial charge in [0.2, 0.25) is 0 Å². The van der Waals surface area contributed by atoms with E-state index >= 15 is 0 Å². The first-order chi connectivity index (χ1) is 13.0. The Morgan fingerprint density at radius 3 is 2.70 bits per heavy atom. The SMILES string of the molecule is CN=C(NCc1cccc(NC(=O)N2CCCC2)c1)N1CCSC(C)(C)C1. The second-order valence-electron chi connectivity index (χ2n) is 7.76. The van der Waals surface area contributed by atoms with E-state index in [4.69, 9.17) is 0 Å². The van der Waals surface area contributed by atoms with Gasteiger partial charge in [0.1, 0.15) is 0 Å². The van der Waals surface area contributed by atoms with Crippen LogP contribution in [0.3, 0.4) is 0 Å². The highest BCUT2D eigenvalue weighted by Crippen LogP contribution is 2.29. The van der Waals surface area contributed by atoms with E-state index in [-0.39, 0.29) is 10.8 Å². The van der Waals surface area contributed by atoms with Crippen molar-refractivity contribution in [2.45, 2.75) is 38.0 Å². The number of amides is 2. The standard InChI is InChI=1S/C20H31N5OS/c1-20(2)15-25(11-12-27-20)18(21-3)22-14-16-7-6-8-17(13-16)23-19(26)24-9-4-5-10-24/h6-8,13H,4-5,9-12,14-15H2,1-3H3,(H,21,22)(H,23,26). The summed E-state index contributed by atoms with van der Waals surface area (Å²) in [6.45, 7) is 8.96. The van der Waals surface area contributed by atoms with Crippen molar-refractivity contribution in [3.8, 4) is 0 Å². The Hall–Kier alpha value is -1.89. The van der Waals surface area contributed by atoms with Crippen LogP contribution in [0.4, 0.5) is 10.5 Å². The largest absolute Gasteiger partial charge is 0.352 e. The number of carbonyl (C=O) groups is 1. The number of likely N-dealkylation sites (tertiary alicyclic amines) is 1. The molecule has 2 N–H and O–H groups in total. The number of nitrogens with one attached hydrogen (secondary N) is 2. The van der Waals surface area contributed by atoms with Gasteiger partial charge in [-0.25, -0.2) is 4.79 Å². The highest BCUT2D eigenvalue weighted by atomic mass is 32.2. The fraction of sp³-hybridized carbons (Fsp3) is 0.600. The zero-order valence-corrected chi connectivity index (χ0v) is 17.4. The summed E-state index contributed by atoms with van der Waals surface area (Å²) < 4.78 is 0.246. The lowest BCUT2D eigenvalue weighted by molar-refractivity contribution is 0.222. The Bertz CT molecular complexity index is 685. The maximum absolute atomic E-state index is 12.3. The van der Waals surface area contributed by atoms with Crippen molar-refractivity contribution in [2.24, 2.45) is 4.99 Å². The van der Waals surface area contributed by atoms with E-state index in [0.29, 0.717) is 6.54 Å². The average molecular weight is 390 g/mol. The highest BCUT2D eigenvalue weighted by molar-refractivity contribution is 8.00. The third-order valence-electron chi connectivity index (χ3n) is 4.96. The first-order valence-corrected chi connectivity index (χ1v) is 10.7. The number of carbonyl (C=O) groups excluding carboxylic acids is 1. The number of rotatable bonds is 3. The summed E-state index contributed by atoms with van der Waals surface area (Å²) in [6.07, 6.45) is 2.20.